The van der Waals surface area contributed by atoms with Crippen molar-refractivity contribution < 1.29 is 0 Å². The minimum absolute atomic E-state index is 0.256. The van der Waals surface area contributed by atoms with Gasteiger partial charge in [0.05, 0.1) is 28.9 Å². The predicted molar refractivity (Wildman–Crippen MR) is 167 cm³/mol. The van der Waals surface area contributed by atoms with Gasteiger partial charge in [-0.15, -0.1) is 0 Å². The third kappa shape index (κ3) is 1.70. The smallest absolute Gasteiger partial charge is 0.0725 e. The number of nitrogens with zero attached hydrogens (tertiary/aromatic N) is 3. The molecule has 3 unspecified atom stereocenters. The Kier molecular flexibility index (Phi) is 3.03. The summed E-state index contributed by atoms with van der Waals surface area (Å²) in [7, 11) is 0. The first-order chi connectivity index (χ1) is 20.7. The highest BCUT2D eigenvalue weighted by Gasteiger charge is 2.76. The number of aromatic nitrogens is 3. The average Bonchev–Trinajstić information content (AvgIpc) is 3.86. The van der Waals surface area contributed by atoms with E-state index in [0.29, 0.717) is 16.2 Å². The van der Waals surface area contributed by atoms with E-state index in [9.17, 15) is 0 Å². The summed E-state index contributed by atoms with van der Waals surface area (Å²) in [4.78, 5) is 9.45. The molecule has 6 aromatic rings. The van der Waals surface area contributed by atoms with Crippen molar-refractivity contribution in [1.29, 1.82) is 0 Å². The quantitative estimate of drug-likeness (QED) is 0.191. The number of rotatable bonds is 0. The van der Waals surface area contributed by atoms with Crippen molar-refractivity contribution in [1.82, 2.24) is 14.4 Å². The Morgan fingerprint density at radius 3 is 1.88 bits per heavy atom. The van der Waals surface area contributed by atoms with Crippen molar-refractivity contribution in [3.63, 3.8) is 0 Å². The fraction of sp³-hybridized carbons (Fsp3) is 0.436. The van der Waals surface area contributed by atoms with Crippen LogP contribution >= 0.6 is 0 Å². The SMILES string of the molecule is c1cc2c3c(c1)C14CCC5(CCC1(C5)c1c-3c(c3c5ccncc5n5c6cnccc6c1c35)C13CCCC21CCC3)C4. The van der Waals surface area contributed by atoms with Crippen LogP contribution in [0.25, 0.3) is 49.2 Å². The topological polar surface area (TPSA) is 30.2 Å². The summed E-state index contributed by atoms with van der Waals surface area (Å²) in [5.41, 5.74) is 16.4. The molecule has 3 spiro atoms. The summed E-state index contributed by atoms with van der Waals surface area (Å²) in [5.74, 6) is 0. The molecule has 3 atom stereocenters. The Balaban J connectivity index is 1.41. The molecule has 4 heterocycles. The number of benzene rings is 2. The van der Waals surface area contributed by atoms with E-state index >= 15 is 0 Å². The molecular weight excluding hydrogens is 510 g/mol. The van der Waals surface area contributed by atoms with Crippen LogP contribution in [0.3, 0.4) is 0 Å². The van der Waals surface area contributed by atoms with Gasteiger partial charge in [0.1, 0.15) is 0 Å². The van der Waals surface area contributed by atoms with Crippen molar-refractivity contribution in [2.75, 3.05) is 0 Å². The Morgan fingerprint density at radius 2 is 1.17 bits per heavy atom. The zero-order chi connectivity index (χ0) is 26.8. The maximum absolute atomic E-state index is 4.72. The lowest BCUT2D eigenvalue weighted by molar-refractivity contribution is 0.228. The van der Waals surface area contributed by atoms with Crippen LogP contribution in [0, 0.1) is 5.41 Å². The first kappa shape index (κ1) is 21.3. The van der Waals surface area contributed by atoms with E-state index in [4.69, 9.17) is 9.97 Å². The van der Waals surface area contributed by atoms with Gasteiger partial charge in [0.15, 0.2) is 0 Å². The van der Waals surface area contributed by atoms with Gasteiger partial charge in [-0.2, -0.15) is 0 Å². The third-order valence-electron chi connectivity index (χ3n) is 15.4. The van der Waals surface area contributed by atoms with E-state index in [1.165, 1.54) is 104 Å². The van der Waals surface area contributed by atoms with Crippen molar-refractivity contribution in [2.45, 2.75) is 98.7 Å². The first-order valence-corrected chi connectivity index (χ1v) is 16.8. The van der Waals surface area contributed by atoms with E-state index in [-0.39, 0.29) is 10.8 Å². The summed E-state index contributed by atoms with van der Waals surface area (Å²) in [6.07, 6.45) is 25.0. The third-order valence-corrected chi connectivity index (χ3v) is 15.4. The molecule has 0 amide bonds. The van der Waals surface area contributed by atoms with Crippen molar-refractivity contribution in [3.05, 3.63) is 77.4 Å². The van der Waals surface area contributed by atoms with Gasteiger partial charge in [0, 0.05) is 55.6 Å². The highest BCUT2D eigenvalue weighted by molar-refractivity contribution is 6.28. The summed E-state index contributed by atoms with van der Waals surface area (Å²) >= 11 is 0. The van der Waals surface area contributed by atoms with E-state index < -0.39 is 0 Å². The summed E-state index contributed by atoms with van der Waals surface area (Å²) < 4.78 is 2.60. The van der Waals surface area contributed by atoms with Gasteiger partial charge in [0.25, 0.3) is 0 Å². The fourth-order valence-corrected chi connectivity index (χ4v) is 14.6. The number of pyridine rings is 2. The molecule has 42 heavy (non-hydrogen) atoms. The summed E-state index contributed by atoms with van der Waals surface area (Å²) in [6, 6.07) is 12.5. The summed E-state index contributed by atoms with van der Waals surface area (Å²) in [5, 5.41) is 6.01. The summed E-state index contributed by atoms with van der Waals surface area (Å²) in [6.45, 7) is 0. The van der Waals surface area contributed by atoms with Gasteiger partial charge in [-0.1, -0.05) is 31.0 Å². The van der Waals surface area contributed by atoms with E-state index in [0.717, 1.165) is 0 Å². The second-order valence-electron chi connectivity index (χ2n) is 16.0. The second kappa shape index (κ2) is 5.98. The Hall–Kier alpha value is -3.46. The molecule has 0 saturated heterocycles. The van der Waals surface area contributed by atoms with Crippen molar-refractivity contribution in [3.8, 4) is 11.1 Å². The molecule has 3 heteroatoms. The number of hydrogen-bond acceptors (Lipinski definition) is 2. The van der Waals surface area contributed by atoms with E-state index in [1.807, 2.05) is 12.4 Å². The van der Waals surface area contributed by atoms with Crippen molar-refractivity contribution >= 4 is 38.1 Å². The number of hydrogen-bond donors (Lipinski definition) is 0. The van der Waals surface area contributed by atoms with Crippen LogP contribution in [-0.2, 0) is 21.7 Å². The van der Waals surface area contributed by atoms with Gasteiger partial charge in [0.2, 0.25) is 0 Å². The van der Waals surface area contributed by atoms with Crippen LogP contribution in [0.15, 0.2) is 55.1 Å². The molecule has 0 aliphatic heterocycles. The average molecular weight is 544 g/mol. The highest BCUT2D eigenvalue weighted by Crippen LogP contribution is 2.84. The first-order valence-electron chi connectivity index (χ1n) is 16.8. The van der Waals surface area contributed by atoms with Crippen LogP contribution in [0.1, 0.15) is 99.3 Å². The van der Waals surface area contributed by atoms with Gasteiger partial charge >= 0.3 is 0 Å². The van der Waals surface area contributed by atoms with E-state index in [1.54, 1.807) is 44.2 Å². The molecule has 4 aromatic heterocycles. The lowest BCUT2D eigenvalue weighted by Gasteiger charge is -2.57. The van der Waals surface area contributed by atoms with Gasteiger partial charge in [-0.3, -0.25) is 9.97 Å². The maximum atomic E-state index is 4.72. The monoisotopic (exact) mass is 543 g/mol. The molecule has 5 saturated carbocycles. The van der Waals surface area contributed by atoms with Crippen LogP contribution in [-0.4, -0.2) is 14.4 Å². The molecule has 0 radical (unpaired) electrons. The lowest BCUT2D eigenvalue weighted by atomic mass is 9.45. The highest BCUT2D eigenvalue weighted by atomic mass is 14.9. The van der Waals surface area contributed by atoms with Crippen molar-refractivity contribution in [2.24, 2.45) is 5.41 Å². The maximum Gasteiger partial charge on any atom is 0.0725 e. The fourth-order valence-electron chi connectivity index (χ4n) is 14.6. The number of fused-ring (bicyclic) bond motifs is 8. The molecule has 0 N–H and O–H groups in total. The zero-order valence-corrected chi connectivity index (χ0v) is 24.0. The lowest BCUT2D eigenvalue weighted by Crippen LogP contribution is -2.51. The Morgan fingerprint density at radius 1 is 0.571 bits per heavy atom. The molecule has 5 fully saturated rings. The molecular formula is C39H33N3. The standard InChI is InChI=1S/C39H33N3/c1-4-24-30-25(5-1)38-14-12-35(20-38)13-15-39(38,21-35)33-29-23-7-17-41-19-27(23)42-26-18-40-16-6-22(26)28(34(29)42)32(31(30)33)37-10-2-8-36(24,37)9-3-11-37/h1,4-7,16-19H,2-3,8-15,20-21H2. The minimum atomic E-state index is 0.256. The predicted octanol–water partition coefficient (Wildman–Crippen LogP) is 9.01. The molecule has 13 rings (SSSR count). The van der Waals surface area contributed by atoms with Gasteiger partial charge in [-0.05, 0) is 115 Å². The second-order valence-corrected chi connectivity index (χ2v) is 16.0. The largest absolute Gasteiger partial charge is 0.305 e. The van der Waals surface area contributed by atoms with Crippen LogP contribution < -0.4 is 0 Å². The Labute approximate surface area is 244 Å². The Bertz CT molecular complexity index is 2300. The molecule has 3 nitrogen and oxygen atoms in total. The minimum Gasteiger partial charge on any atom is -0.305 e. The van der Waals surface area contributed by atoms with Crippen LogP contribution in [0.5, 0.6) is 0 Å². The molecule has 3 bridgehead atoms. The molecule has 7 aliphatic rings. The van der Waals surface area contributed by atoms with Gasteiger partial charge < -0.3 is 4.40 Å². The molecule has 204 valence electrons. The molecule has 2 aromatic carbocycles. The van der Waals surface area contributed by atoms with Crippen LogP contribution in [0.4, 0.5) is 0 Å². The zero-order valence-electron chi connectivity index (χ0n) is 24.0. The normalized spacial score (nSPS) is 37.8. The van der Waals surface area contributed by atoms with E-state index in [2.05, 4.69) is 47.1 Å². The van der Waals surface area contributed by atoms with Gasteiger partial charge in [-0.25, -0.2) is 0 Å². The molecule has 7 aliphatic carbocycles. The van der Waals surface area contributed by atoms with Crippen LogP contribution in [0.2, 0.25) is 0 Å².